The van der Waals surface area contributed by atoms with Crippen LogP contribution in [-0.4, -0.2) is 17.4 Å². The highest BCUT2D eigenvalue weighted by molar-refractivity contribution is 5.57. The normalized spacial score (nSPS) is 43.6. The van der Waals surface area contributed by atoms with Crippen molar-refractivity contribution in [1.29, 1.82) is 0 Å². The molecule has 0 bridgehead atoms. The minimum absolute atomic E-state index is 0.135. The quantitative estimate of drug-likeness (QED) is 0.470. The van der Waals surface area contributed by atoms with E-state index in [1.807, 2.05) is 0 Å². The van der Waals surface area contributed by atoms with Crippen LogP contribution in [0.5, 0.6) is 0 Å². The Bertz CT molecular complexity index is 539. The molecule has 0 aromatic heterocycles. The van der Waals surface area contributed by atoms with Gasteiger partial charge in [0.25, 0.3) is 0 Å². The lowest BCUT2D eigenvalue weighted by Gasteiger charge is -2.58. The Hall–Kier alpha value is -0.990. The molecular formula is C22H36O3. The van der Waals surface area contributed by atoms with Crippen molar-refractivity contribution in [3.05, 3.63) is 11.6 Å². The number of carboxylic acid groups (broad SMARTS) is 1. The van der Waals surface area contributed by atoms with Crippen molar-refractivity contribution < 1.29 is 14.6 Å². The Labute approximate surface area is 153 Å². The topological polar surface area (TPSA) is 46.5 Å². The summed E-state index contributed by atoms with van der Waals surface area (Å²) in [6, 6.07) is 0. The van der Waals surface area contributed by atoms with Gasteiger partial charge in [-0.3, -0.25) is 0 Å². The molecule has 0 heterocycles. The van der Waals surface area contributed by atoms with E-state index in [9.17, 15) is 4.79 Å². The fourth-order valence-corrected chi connectivity index (χ4v) is 6.58. The van der Waals surface area contributed by atoms with E-state index in [2.05, 4.69) is 33.8 Å². The second-order valence-electron chi connectivity index (χ2n) is 9.34. The zero-order valence-electron chi connectivity index (χ0n) is 16.5. The maximum atomic E-state index is 10.9. The predicted molar refractivity (Wildman–Crippen MR) is 101 cm³/mol. The molecule has 3 aliphatic rings. The molecule has 0 saturated heterocycles. The summed E-state index contributed by atoms with van der Waals surface area (Å²) >= 11 is 0. The Kier molecular flexibility index (Phi) is 5.23. The molecule has 0 spiro atoms. The number of rotatable bonds is 4. The lowest BCUT2D eigenvalue weighted by atomic mass is 9.46. The van der Waals surface area contributed by atoms with Gasteiger partial charge >= 0.3 is 6.16 Å². The Morgan fingerprint density at radius 3 is 2.68 bits per heavy atom. The van der Waals surface area contributed by atoms with Gasteiger partial charge < -0.3 is 9.84 Å². The van der Waals surface area contributed by atoms with Crippen LogP contribution in [0.2, 0.25) is 0 Å². The molecular weight excluding hydrogens is 312 g/mol. The van der Waals surface area contributed by atoms with Crippen LogP contribution >= 0.6 is 0 Å². The standard InChI is InChI=1S/C22H36O3/c1-5-7-18-17-9-8-15-14-16(25-20(23)24)10-13-22(15,4)19(17)11-12-21(18,3)6-2/h8,16-19H,5-7,9-14H2,1-4H3,(H,23,24). The van der Waals surface area contributed by atoms with Gasteiger partial charge in [-0.25, -0.2) is 4.79 Å². The minimum atomic E-state index is -1.12. The van der Waals surface area contributed by atoms with Crippen LogP contribution in [0.25, 0.3) is 0 Å². The summed E-state index contributed by atoms with van der Waals surface area (Å²) in [5.41, 5.74) is 2.26. The maximum Gasteiger partial charge on any atom is 0.506 e. The number of ether oxygens (including phenoxy) is 1. The summed E-state index contributed by atoms with van der Waals surface area (Å²) < 4.78 is 5.11. The Morgan fingerprint density at radius 2 is 2.04 bits per heavy atom. The van der Waals surface area contributed by atoms with Crippen LogP contribution in [0.15, 0.2) is 11.6 Å². The molecule has 1 N–H and O–H groups in total. The van der Waals surface area contributed by atoms with Crippen molar-refractivity contribution in [2.45, 2.75) is 91.6 Å². The second kappa shape index (κ2) is 6.96. The molecule has 0 aliphatic heterocycles. The first-order chi connectivity index (χ1) is 11.8. The predicted octanol–water partition coefficient (Wildman–Crippen LogP) is 6.43. The molecule has 25 heavy (non-hydrogen) atoms. The molecule has 0 radical (unpaired) electrons. The lowest BCUT2D eigenvalue weighted by Crippen LogP contribution is -2.50. The zero-order valence-corrected chi connectivity index (χ0v) is 16.5. The molecule has 0 aromatic carbocycles. The average molecular weight is 349 g/mol. The van der Waals surface area contributed by atoms with Crippen LogP contribution in [0.4, 0.5) is 4.79 Å². The van der Waals surface area contributed by atoms with Gasteiger partial charge in [0.2, 0.25) is 0 Å². The number of carbonyl (C=O) groups is 1. The summed E-state index contributed by atoms with van der Waals surface area (Å²) in [5.74, 6) is 2.42. The van der Waals surface area contributed by atoms with Crippen molar-refractivity contribution >= 4 is 6.16 Å². The summed E-state index contributed by atoms with van der Waals surface area (Å²) in [6.07, 6.45) is 11.8. The molecule has 6 atom stereocenters. The highest BCUT2D eigenvalue weighted by Crippen LogP contribution is 2.62. The van der Waals surface area contributed by atoms with E-state index in [0.717, 1.165) is 37.0 Å². The van der Waals surface area contributed by atoms with E-state index in [1.165, 1.54) is 44.1 Å². The van der Waals surface area contributed by atoms with Gasteiger partial charge in [-0.2, -0.15) is 0 Å². The van der Waals surface area contributed by atoms with Gasteiger partial charge in [0.1, 0.15) is 6.10 Å². The molecule has 3 nitrogen and oxygen atoms in total. The summed E-state index contributed by atoms with van der Waals surface area (Å²) in [4.78, 5) is 10.9. The fourth-order valence-electron chi connectivity index (χ4n) is 6.58. The molecule has 0 amide bonds. The summed E-state index contributed by atoms with van der Waals surface area (Å²) in [7, 11) is 0. The Morgan fingerprint density at radius 1 is 1.28 bits per heavy atom. The van der Waals surface area contributed by atoms with Gasteiger partial charge in [0.05, 0.1) is 0 Å². The molecule has 142 valence electrons. The van der Waals surface area contributed by atoms with Crippen LogP contribution in [0, 0.1) is 28.6 Å². The number of hydrogen-bond acceptors (Lipinski definition) is 2. The van der Waals surface area contributed by atoms with E-state index in [-0.39, 0.29) is 11.5 Å². The summed E-state index contributed by atoms with van der Waals surface area (Å²) in [6.45, 7) is 9.70. The Balaban J connectivity index is 1.85. The van der Waals surface area contributed by atoms with E-state index < -0.39 is 6.16 Å². The van der Waals surface area contributed by atoms with Crippen molar-refractivity contribution in [2.24, 2.45) is 28.6 Å². The van der Waals surface area contributed by atoms with Crippen molar-refractivity contribution in [2.75, 3.05) is 0 Å². The molecule has 3 aliphatic carbocycles. The highest BCUT2D eigenvalue weighted by Gasteiger charge is 2.54. The maximum absolute atomic E-state index is 10.9. The zero-order chi connectivity index (χ0) is 18.2. The fraction of sp³-hybridized carbons (Fsp3) is 0.864. The molecule has 3 rings (SSSR count). The minimum Gasteiger partial charge on any atom is -0.450 e. The van der Waals surface area contributed by atoms with Crippen LogP contribution in [0.1, 0.15) is 85.5 Å². The largest absolute Gasteiger partial charge is 0.506 e. The van der Waals surface area contributed by atoms with Gasteiger partial charge in [0.15, 0.2) is 0 Å². The van der Waals surface area contributed by atoms with E-state index in [4.69, 9.17) is 9.84 Å². The average Bonchev–Trinajstić information content (AvgIpc) is 2.57. The number of fused-ring (bicyclic) bond motifs is 3. The first kappa shape index (κ1) is 18.8. The van der Waals surface area contributed by atoms with Gasteiger partial charge in [0, 0.05) is 6.42 Å². The van der Waals surface area contributed by atoms with Gasteiger partial charge in [-0.15, -0.1) is 0 Å². The summed E-state index contributed by atoms with van der Waals surface area (Å²) in [5, 5.41) is 8.95. The molecule has 2 fully saturated rings. The molecule has 0 aromatic rings. The van der Waals surface area contributed by atoms with E-state index in [1.54, 1.807) is 0 Å². The number of hydrogen-bond donors (Lipinski definition) is 1. The molecule has 3 heteroatoms. The lowest BCUT2D eigenvalue weighted by molar-refractivity contribution is -0.0582. The van der Waals surface area contributed by atoms with Gasteiger partial charge in [-0.1, -0.05) is 52.2 Å². The van der Waals surface area contributed by atoms with Crippen molar-refractivity contribution in [3.8, 4) is 0 Å². The monoisotopic (exact) mass is 348 g/mol. The van der Waals surface area contributed by atoms with Gasteiger partial charge in [-0.05, 0) is 67.1 Å². The molecule has 6 unspecified atom stereocenters. The number of allylic oxidation sites excluding steroid dienone is 1. The third-order valence-electron chi connectivity index (χ3n) is 8.25. The van der Waals surface area contributed by atoms with Crippen LogP contribution in [-0.2, 0) is 4.74 Å². The van der Waals surface area contributed by atoms with Crippen molar-refractivity contribution in [1.82, 2.24) is 0 Å². The second-order valence-corrected chi connectivity index (χ2v) is 9.34. The third-order valence-corrected chi connectivity index (χ3v) is 8.25. The van der Waals surface area contributed by atoms with Crippen LogP contribution < -0.4 is 0 Å². The SMILES string of the molecule is CCCC1C2CC=C3CC(OC(=O)O)CCC3(C)C2CCC1(C)CC. The highest BCUT2D eigenvalue weighted by atomic mass is 16.7. The van der Waals surface area contributed by atoms with E-state index in [0.29, 0.717) is 5.41 Å². The van der Waals surface area contributed by atoms with Crippen molar-refractivity contribution in [3.63, 3.8) is 0 Å². The van der Waals surface area contributed by atoms with E-state index >= 15 is 0 Å². The first-order valence-corrected chi connectivity index (χ1v) is 10.4. The molecule has 2 saturated carbocycles. The smallest absolute Gasteiger partial charge is 0.450 e. The third kappa shape index (κ3) is 3.24. The first-order valence-electron chi connectivity index (χ1n) is 10.4. The van der Waals surface area contributed by atoms with Crippen LogP contribution in [0.3, 0.4) is 0 Å².